The first-order valence-electron chi connectivity index (χ1n) is 11.6. The molecule has 4 aromatic heterocycles. The fourth-order valence-electron chi connectivity index (χ4n) is 4.04. The lowest BCUT2D eigenvalue weighted by atomic mass is 10.0. The molecule has 0 radical (unpaired) electrons. The smallest absolute Gasteiger partial charge is 0.164 e. The maximum atomic E-state index is 4.89. The van der Waals surface area contributed by atoms with Gasteiger partial charge in [-0.05, 0) is 70.8 Å². The maximum absolute atomic E-state index is 4.89. The number of pyridine rings is 3. The largest absolute Gasteiger partial charge is 0.265 e. The van der Waals surface area contributed by atoms with E-state index < -0.39 is 0 Å². The zero-order valence-electron chi connectivity index (χ0n) is 19.5. The Morgan fingerprint density at radius 3 is 1.54 bits per heavy atom. The molecule has 0 bridgehead atoms. The SMILES string of the molecule is Brc1cc(-c2ccncc2)cc(-c2nc(-c3ccncc3)nc(-c3ccc(-c4cccnc4)cc3)n2)c1. The summed E-state index contributed by atoms with van der Waals surface area (Å²) in [5.41, 5.74) is 6.89. The van der Waals surface area contributed by atoms with Crippen LogP contribution in [0.15, 0.2) is 121 Å². The van der Waals surface area contributed by atoms with E-state index in [4.69, 9.17) is 15.0 Å². The van der Waals surface area contributed by atoms with E-state index in [0.717, 1.165) is 43.4 Å². The summed E-state index contributed by atoms with van der Waals surface area (Å²) in [6.07, 6.45) is 10.7. The van der Waals surface area contributed by atoms with Gasteiger partial charge in [0.25, 0.3) is 0 Å². The van der Waals surface area contributed by atoms with Gasteiger partial charge in [-0.2, -0.15) is 0 Å². The summed E-state index contributed by atoms with van der Waals surface area (Å²) in [7, 11) is 0. The Hall–Kier alpha value is -4.62. The van der Waals surface area contributed by atoms with Gasteiger partial charge < -0.3 is 0 Å². The van der Waals surface area contributed by atoms with Gasteiger partial charge in [-0.15, -0.1) is 0 Å². The van der Waals surface area contributed by atoms with Gasteiger partial charge >= 0.3 is 0 Å². The summed E-state index contributed by atoms with van der Waals surface area (Å²) in [5, 5.41) is 0. The minimum absolute atomic E-state index is 0.587. The van der Waals surface area contributed by atoms with Crippen molar-refractivity contribution in [3.8, 4) is 56.4 Å². The van der Waals surface area contributed by atoms with Crippen LogP contribution in [0.25, 0.3) is 56.4 Å². The van der Waals surface area contributed by atoms with Crippen LogP contribution in [0.1, 0.15) is 0 Å². The molecule has 7 heteroatoms. The van der Waals surface area contributed by atoms with Crippen LogP contribution in [0.2, 0.25) is 0 Å². The third-order valence-electron chi connectivity index (χ3n) is 5.88. The molecule has 0 aliphatic heterocycles. The van der Waals surface area contributed by atoms with Crippen molar-refractivity contribution in [2.45, 2.75) is 0 Å². The topological polar surface area (TPSA) is 77.3 Å². The molecule has 37 heavy (non-hydrogen) atoms. The van der Waals surface area contributed by atoms with E-state index in [1.165, 1.54) is 0 Å². The molecule has 0 unspecified atom stereocenters. The van der Waals surface area contributed by atoms with Gasteiger partial charge in [0.15, 0.2) is 17.5 Å². The second kappa shape index (κ2) is 10.2. The Bertz CT molecular complexity index is 1660. The van der Waals surface area contributed by atoms with E-state index in [0.29, 0.717) is 17.5 Å². The van der Waals surface area contributed by atoms with Crippen LogP contribution >= 0.6 is 15.9 Å². The van der Waals surface area contributed by atoms with Crippen LogP contribution in [0.4, 0.5) is 0 Å². The van der Waals surface area contributed by atoms with Crippen molar-refractivity contribution in [3.05, 3.63) is 121 Å². The summed E-state index contributed by atoms with van der Waals surface area (Å²) in [6, 6.07) is 26.1. The Kier molecular flexibility index (Phi) is 6.27. The molecule has 0 aliphatic rings. The number of rotatable bonds is 5. The highest BCUT2D eigenvalue weighted by Gasteiger charge is 2.14. The molecule has 0 amide bonds. The van der Waals surface area contributed by atoms with Gasteiger partial charge in [-0.1, -0.05) is 46.3 Å². The molecular weight excluding hydrogens is 524 g/mol. The zero-order valence-corrected chi connectivity index (χ0v) is 21.1. The van der Waals surface area contributed by atoms with Gasteiger partial charge in [0.2, 0.25) is 0 Å². The Morgan fingerprint density at radius 1 is 0.405 bits per heavy atom. The molecule has 2 aromatic carbocycles. The lowest BCUT2D eigenvalue weighted by Gasteiger charge is -2.11. The molecule has 6 nitrogen and oxygen atoms in total. The normalized spacial score (nSPS) is 10.8. The van der Waals surface area contributed by atoms with Gasteiger partial charge in [0.1, 0.15) is 0 Å². The summed E-state index contributed by atoms with van der Waals surface area (Å²) in [4.78, 5) is 27.1. The van der Waals surface area contributed by atoms with Crippen LogP contribution in [-0.4, -0.2) is 29.9 Å². The molecule has 176 valence electrons. The molecule has 0 saturated carbocycles. The number of benzene rings is 2. The summed E-state index contributed by atoms with van der Waals surface area (Å²) >= 11 is 3.66. The lowest BCUT2D eigenvalue weighted by Crippen LogP contribution is -2.00. The first kappa shape index (κ1) is 22.8. The third-order valence-corrected chi connectivity index (χ3v) is 6.34. The molecule has 6 rings (SSSR count). The fourth-order valence-corrected chi connectivity index (χ4v) is 4.53. The number of hydrogen-bond donors (Lipinski definition) is 0. The number of hydrogen-bond acceptors (Lipinski definition) is 6. The van der Waals surface area contributed by atoms with Crippen molar-refractivity contribution in [1.82, 2.24) is 29.9 Å². The fraction of sp³-hybridized carbons (Fsp3) is 0. The Balaban J connectivity index is 1.47. The molecule has 0 N–H and O–H groups in total. The molecular formula is C30H19BrN6. The molecule has 0 fully saturated rings. The van der Waals surface area contributed by atoms with Gasteiger partial charge in [-0.3, -0.25) is 15.0 Å². The zero-order chi connectivity index (χ0) is 25.0. The van der Waals surface area contributed by atoms with E-state index in [2.05, 4.69) is 55.1 Å². The van der Waals surface area contributed by atoms with E-state index in [-0.39, 0.29) is 0 Å². The number of nitrogens with zero attached hydrogens (tertiary/aromatic N) is 6. The second-order valence-corrected chi connectivity index (χ2v) is 9.24. The standard InChI is InChI=1S/C30H19BrN6/c31-27-17-25(21-7-12-32-13-8-21)16-26(18-27)30-36-28(35-29(37-30)23-9-14-33-15-10-23)22-5-3-20(4-6-22)24-2-1-11-34-19-24/h1-19H. The maximum Gasteiger partial charge on any atom is 0.164 e. The van der Waals surface area contributed by atoms with E-state index >= 15 is 0 Å². The van der Waals surface area contributed by atoms with Crippen molar-refractivity contribution in [2.24, 2.45) is 0 Å². The number of aromatic nitrogens is 6. The first-order valence-corrected chi connectivity index (χ1v) is 12.4. The van der Waals surface area contributed by atoms with Crippen LogP contribution in [0.5, 0.6) is 0 Å². The number of halogens is 1. The summed E-state index contributed by atoms with van der Waals surface area (Å²) in [5.74, 6) is 1.77. The minimum atomic E-state index is 0.587. The average molecular weight is 543 g/mol. The van der Waals surface area contributed by atoms with Crippen molar-refractivity contribution in [2.75, 3.05) is 0 Å². The van der Waals surface area contributed by atoms with Crippen molar-refractivity contribution < 1.29 is 0 Å². The van der Waals surface area contributed by atoms with E-state index in [9.17, 15) is 0 Å². The molecule has 4 heterocycles. The highest BCUT2D eigenvalue weighted by atomic mass is 79.9. The second-order valence-electron chi connectivity index (χ2n) is 8.33. The van der Waals surface area contributed by atoms with Crippen molar-refractivity contribution >= 4 is 15.9 Å². The quantitative estimate of drug-likeness (QED) is 0.230. The van der Waals surface area contributed by atoms with Gasteiger partial charge in [0, 0.05) is 58.3 Å². The van der Waals surface area contributed by atoms with Gasteiger partial charge in [-0.25, -0.2) is 15.0 Å². The summed E-state index contributed by atoms with van der Waals surface area (Å²) < 4.78 is 0.935. The molecule has 6 aromatic rings. The Morgan fingerprint density at radius 2 is 0.919 bits per heavy atom. The lowest BCUT2D eigenvalue weighted by molar-refractivity contribution is 1.07. The van der Waals surface area contributed by atoms with Crippen LogP contribution < -0.4 is 0 Å². The van der Waals surface area contributed by atoms with Crippen LogP contribution in [0, 0.1) is 0 Å². The van der Waals surface area contributed by atoms with Crippen LogP contribution in [0.3, 0.4) is 0 Å². The van der Waals surface area contributed by atoms with E-state index in [1.807, 2.05) is 60.8 Å². The van der Waals surface area contributed by atoms with Crippen molar-refractivity contribution in [1.29, 1.82) is 0 Å². The van der Waals surface area contributed by atoms with Crippen LogP contribution in [-0.2, 0) is 0 Å². The average Bonchev–Trinajstić information content (AvgIpc) is 2.98. The minimum Gasteiger partial charge on any atom is -0.265 e. The van der Waals surface area contributed by atoms with Crippen molar-refractivity contribution in [3.63, 3.8) is 0 Å². The monoisotopic (exact) mass is 542 g/mol. The molecule has 0 saturated heterocycles. The molecule has 0 spiro atoms. The predicted molar refractivity (Wildman–Crippen MR) is 148 cm³/mol. The first-order chi connectivity index (χ1) is 18.2. The Labute approximate surface area is 222 Å². The molecule has 0 atom stereocenters. The third kappa shape index (κ3) is 5.03. The highest BCUT2D eigenvalue weighted by Crippen LogP contribution is 2.31. The summed E-state index contributed by atoms with van der Waals surface area (Å²) in [6.45, 7) is 0. The molecule has 0 aliphatic carbocycles. The van der Waals surface area contributed by atoms with E-state index in [1.54, 1.807) is 31.0 Å². The van der Waals surface area contributed by atoms with Gasteiger partial charge in [0.05, 0.1) is 0 Å². The predicted octanol–water partition coefficient (Wildman–Crippen LogP) is 7.15. The highest BCUT2D eigenvalue weighted by molar-refractivity contribution is 9.10.